The van der Waals surface area contributed by atoms with Crippen molar-refractivity contribution < 1.29 is 9.53 Å². The fraction of sp³-hybridized carbons (Fsp3) is 0.409. The van der Waals surface area contributed by atoms with E-state index in [1.165, 1.54) is 0 Å². The first-order chi connectivity index (χ1) is 14.2. The van der Waals surface area contributed by atoms with Crippen LogP contribution < -0.4 is 5.32 Å². The molecule has 1 N–H and O–H groups in total. The van der Waals surface area contributed by atoms with Crippen molar-refractivity contribution in [1.82, 2.24) is 14.9 Å². The number of pyridine rings is 1. The van der Waals surface area contributed by atoms with E-state index in [4.69, 9.17) is 4.74 Å². The second-order valence-electron chi connectivity index (χ2n) is 8.00. The van der Waals surface area contributed by atoms with E-state index in [-0.39, 0.29) is 11.5 Å². The first kappa shape index (κ1) is 18.5. The van der Waals surface area contributed by atoms with Crippen LogP contribution in [0.4, 0.5) is 5.13 Å². The number of carbonyl (C=O) groups is 1. The normalized spacial score (nSPS) is 24.3. The molecule has 2 aliphatic heterocycles. The number of thiazole rings is 1. The zero-order chi connectivity index (χ0) is 19.7. The molecule has 0 saturated carbocycles. The number of nitrogens with one attached hydrogen (secondary N) is 1. The van der Waals surface area contributed by atoms with E-state index >= 15 is 0 Å². The highest BCUT2D eigenvalue weighted by molar-refractivity contribution is 7.13. The van der Waals surface area contributed by atoms with E-state index in [9.17, 15) is 4.79 Å². The Labute approximate surface area is 173 Å². The van der Waals surface area contributed by atoms with Crippen molar-refractivity contribution in [3.63, 3.8) is 0 Å². The van der Waals surface area contributed by atoms with Crippen LogP contribution in [0.1, 0.15) is 29.8 Å². The predicted octanol–water partition coefficient (Wildman–Crippen LogP) is 3.81. The van der Waals surface area contributed by atoms with Crippen LogP contribution in [0.3, 0.4) is 0 Å². The molecule has 2 atom stereocenters. The number of hydrogen-bond acceptors (Lipinski definition) is 6. The third-order valence-corrected chi connectivity index (χ3v) is 6.64. The number of rotatable bonds is 4. The Balaban J connectivity index is 1.25. The second-order valence-corrected chi connectivity index (χ2v) is 8.90. The van der Waals surface area contributed by atoms with Crippen molar-refractivity contribution in [1.29, 1.82) is 0 Å². The number of benzene rings is 1. The van der Waals surface area contributed by atoms with Crippen molar-refractivity contribution in [2.24, 2.45) is 5.92 Å². The molecule has 0 bridgehead atoms. The summed E-state index contributed by atoms with van der Waals surface area (Å²) in [6.07, 6.45) is 4.76. The maximum Gasteiger partial charge on any atom is 0.272 e. The molecule has 2 aliphatic rings. The van der Waals surface area contributed by atoms with Crippen LogP contribution in [-0.2, 0) is 4.74 Å². The maximum atomic E-state index is 13.1. The van der Waals surface area contributed by atoms with Crippen LogP contribution in [-0.4, -0.2) is 52.6 Å². The largest absolute Gasteiger partial charge is 0.373 e. The quantitative estimate of drug-likeness (QED) is 0.711. The first-order valence-corrected chi connectivity index (χ1v) is 11.0. The lowest BCUT2D eigenvalue weighted by atomic mass is 9.86. The number of amides is 1. The minimum Gasteiger partial charge on any atom is -0.373 e. The van der Waals surface area contributed by atoms with Gasteiger partial charge in [0.2, 0.25) is 0 Å². The van der Waals surface area contributed by atoms with E-state index < -0.39 is 0 Å². The Morgan fingerprint density at radius 1 is 1.31 bits per heavy atom. The summed E-state index contributed by atoms with van der Waals surface area (Å²) in [7, 11) is 0. The third kappa shape index (κ3) is 3.84. The van der Waals surface area contributed by atoms with Crippen LogP contribution >= 0.6 is 11.3 Å². The molecule has 7 heteroatoms. The lowest BCUT2D eigenvalue weighted by Crippen LogP contribution is -2.50. The van der Waals surface area contributed by atoms with Gasteiger partial charge in [-0.3, -0.25) is 4.79 Å². The summed E-state index contributed by atoms with van der Waals surface area (Å²) in [6.45, 7) is 3.00. The summed E-state index contributed by atoms with van der Waals surface area (Å²) in [5.74, 6) is 0.440. The number of para-hydroxylation sites is 1. The Bertz CT molecular complexity index is 1010. The van der Waals surface area contributed by atoms with Crippen molar-refractivity contribution in [2.45, 2.75) is 24.9 Å². The molecule has 2 saturated heterocycles. The lowest BCUT2D eigenvalue weighted by molar-refractivity contribution is -0.0450. The van der Waals surface area contributed by atoms with Gasteiger partial charge in [-0.15, -0.1) is 11.3 Å². The van der Waals surface area contributed by atoms with Crippen LogP contribution in [0.2, 0.25) is 0 Å². The van der Waals surface area contributed by atoms with Crippen molar-refractivity contribution in [3.8, 4) is 0 Å². The molecule has 0 radical (unpaired) electrons. The van der Waals surface area contributed by atoms with E-state index in [1.807, 2.05) is 52.9 Å². The Kier molecular flexibility index (Phi) is 4.93. The monoisotopic (exact) mass is 408 g/mol. The summed E-state index contributed by atoms with van der Waals surface area (Å²) in [4.78, 5) is 23.9. The highest BCUT2D eigenvalue weighted by Crippen LogP contribution is 2.38. The number of ether oxygens (including phenoxy) is 1. The van der Waals surface area contributed by atoms with Gasteiger partial charge in [0.25, 0.3) is 5.91 Å². The predicted molar refractivity (Wildman–Crippen MR) is 114 cm³/mol. The summed E-state index contributed by atoms with van der Waals surface area (Å²) in [5, 5.41) is 7.38. The van der Waals surface area contributed by atoms with E-state index in [0.717, 1.165) is 55.0 Å². The van der Waals surface area contributed by atoms with E-state index in [1.54, 1.807) is 11.3 Å². The van der Waals surface area contributed by atoms with Gasteiger partial charge in [0.05, 0.1) is 24.3 Å². The number of carbonyl (C=O) groups excluding carboxylic acids is 1. The van der Waals surface area contributed by atoms with Gasteiger partial charge in [0.1, 0.15) is 5.69 Å². The van der Waals surface area contributed by atoms with Gasteiger partial charge < -0.3 is 15.0 Å². The number of anilines is 1. The van der Waals surface area contributed by atoms with Crippen LogP contribution in [0.25, 0.3) is 10.9 Å². The molecule has 6 nitrogen and oxygen atoms in total. The van der Waals surface area contributed by atoms with Gasteiger partial charge in [-0.05, 0) is 31.4 Å². The molecule has 1 amide bonds. The van der Waals surface area contributed by atoms with Crippen molar-refractivity contribution in [2.75, 3.05) is 31.6 Å². The second kappa shape index (κ2) is 7.72. The maximum absolute atomic E-state index is 13.1. The molecule has 5 rings (SSSR count). The average molecular weight is 409 g/mol. The van der Waals surface area contributed by atoms with Gasteiger partial charge in [0, 0.05) is 36.0 Å². The lowest BCUT2D eigenvalue weighted by Gasteiger charge is -2.39. The van der Waals surface area contributed by atoms with Gasteiger partial charge >= 0.3 is 0 Å². The molecule has 150 valence electrons. The van der Waals surface area contributed by atoms with E-state index in [2.05, 4.69) is 15.3 Å². The Morgan fingerprint density at radius 3 is 3.14 bits per heavy atom. The smallest absolute Gasteiger partial charge is 0.272 e. The van der Waals surface area contributed by atoms with E-state index in [0.29, 0.717) is 18.2 Å². The molecular formula is C22H24N4O2S. The number of fused-ring (bicyclic) bond motifs is 1. The zero-order valence-electron chi connectivity index (χ0n) is 16.2. The van der Waals surface area contributed by atoms with Gasteiger partial charge in [0.15, 0.2) is 5.13 Å². The third-order valence-electron chi connectivity index (χ3n) is 5.90. The summed E-state index contributed by atoms with van der Waals surface area (Å²) >= 11 is 1.61. The Hall–Kier alpha value is -2.51. The number of hydrogen-bond donors (Lipinski definition) is 1. The summed E-state index contributed by atoms with van der Waals surface area (Å²) in [5.41, 5.74) is 1.15. The topological polar surface area (TPSA) is 67.4 Å². The molecule has 2 fully saturated rings. The minimum atomic E-state index is -0.222. The molecule has 29 heavy (non-hydrogen) atoms. The van der Waals surface area contributed by atoms with Crippen molar-refractivity contribution >= 4 is 33.3 Å². The van der Waals surface area contributed by atoms with Crippen LogP contribution in [0.5, 0.6) is 0 Å². The first-order valence-electron chi connectivity index (χ1n) is 10.1. The molecular weight excluding hydrogens is 384 g/mol. The van der Waals surface area contributed by atoms with Crippen molar-refractivity contribution in [3.05, 3.63) is 53.7 Å². The summed E-state index contributed by atoms with van der Waals surface area (Å²) in [6, 6.07) is 11.7. The fourth-order valence-corrected chi connectivity index (χ4v) is 5.05. The van der Waals surface area contributed by atoms with Gasteiger partial charge in [-0.2, -0.15) is 0 Å². The average Bonchev–Trinajstić information content (AvgIpc) is 3.42. The molecule has 2 aromatic heterocycles. The zero-order valence-corrected chi connectivity index (χ0v) is 17.0. The standard InChI is InChI=1S/C22H24N4O2S/c27-20(19-7-6-17-4-1-2-5-18(17)25-19)26-10-3-8-22(15-26)12-16(14-28-22)13-24-21-23-9-11-29-21/h1-2,4-7,9,11,16H,3,8,10,12-15H2,(H,23,24)/t16-,22-/m0/s1. The van der Waals surface area contributed by atoms with Gasteiger partial charge in [-0.1, -0.05) is 24.3 Å². The number of likely N-dealkylation sites (tertiary alicyclic amines) is 1. The van der Waals surface area contributed by atoms with Gasteiger partial charge in [-0.25, -0.2) is 9.97 Å². The molecule has 1 aromatic carbocycles. The highest BCUT2D eigenvalue weighted by atomic mass is 32.1. The number of aromatic nitrogens is 2. The fourth-order valence-electron chi connectivity index (χ4n) is 4.52. The van der Waals surface area contributed by atoms with Crippen LogP contribution in [0.15, 0.2) is 48.0 Å². The molecule has 3 aromatic rings. The number of nitrogens with zero attached hydrogens (tertiary/aromatic N) is 3. The Morgan fingerprint density at radius 2 is 2.24 bits per heavy atom. The number of piperidine rings is 1. The minimum absolute atomic E-state index is 0.00258. The highest BCUT2D eigenvalue weighted by Gasteiger charge is 2.44. The molecule has 1 spiro atoms. The molecule has 4 heterocycles. The molecule has 0 aliphatic carbocycles. The SMILES string of the molecule is O=C(c1ccc2ccccc2n1)N1CCC[C@]2(C[C@@H](CNc3nccs3)CO2)C1. The van der Waals surface area contributed by atoms with Crippen LogP contribution in [0, 0.1) is 5.92 Å². The molecule has 0 unspecified atom stereocenters. The summed E-state index contributed by atoms with van der Waals surface area (Å²) < 4.78 is 6.28.